The molecule has 1 aliphatic carbocycles. The summed E-state index contributed by atoms with van der Waals surface area (Å²) in [6.07, 6.45) is 13.3. The third kappa shape index (κ3) is 5.79. The SMILES string of the molecule is CCCCCCCC[C@H](C=O)C[C@H]1CCCC1=O. The van der Waals surface area contributed by atoms with Crippen LogP contribution in [0.15, 0.2) is 0 Å². The lowest BCUT2D eigenvalue weighted by atomic mass is 9.90. The van der Waals surface area contributed by atoms with Gasteiger partial charge in [-0.25, -0.2) is 0 Å². The maximum atomic E-state index is 11.6. The van der Waals surface area contributed by atoms with Crippen molar-refractivity contribution in [2.45, 2.75) is 77.6 Å². The van der Waals surface area contributed by atoms with E-state index in [9.17, 15) is 9.59 Å². The van der Waals surface area contributed by atoms with Crippen LogP contribution in [0.2, 0.25) is 0 Å². The molecule has 0 unspecified atom stereocenters. The molecule has 0 N–H and O–H groups in total. The summed E-state index contributed by atoms with van der Waals surface area (Å²) in [5.74, 6) is 0.716. The second-order valence-electron chi connectivity index (χ2n) is 5.74. The number of ketones is 1. The molecular weight excluding hydrogens is 224 g/mol. The van der Waals surface area contributed by atoms with Crippen LogP contribution in [-0.2, 0) is 9.59 Å². The smallest absolute Gasteiger partial charge is 0.136 e. The average molecular weight is 252 g/mol. The fourth-order valence-corrected chi connectivity index (χ4v) is 2.93. The maximum Gasteiger partial charge on any atom is 0.136 e. The summed E-state index contributed by atoms with van der Waals surface area (Å²) < 4.78 is 0. The quantitative estimate of drug-likeness (QED) is 0.429. The van der Waals surface area contributed by atoms with Gasteiger partial charge >= 0.3 is 0 Å². The molecule has 0 amide bonds. The normalized spacial score (nSPS) is 21.2. The molecule has 1 saturated carbocycles. The van der Waals surface area contributed by atoms with Crippen LogP contribution in [0, 0.1) is 11.8 Å². The highest BCUT2D eigenvalue weighted by Crippen LogP contribution is 2.28. The molecular formula is C16H28O2. The molecule has 0 aromatic heterocycles. The molecule has 2 atom stereocenters. The minimum atomic E-state index is 0.128. The first-order valence-corrected chi connectivity index (χ1v) is 7.76. The molecule has 0 bridgehead atoms. The van der Waals surface area contributed by atoms with Gasteiger partial charge in [0.05, 0.1) is 0 Å². The van der Waals surface area contributed by atoms with Crippen LogP contribution in [0.1, 0.15) is 77.6 Å². The molecule has 0 radical (unpaired) electrons. The van der Waals surface area contributed by atoms with E-state index in [4.69, 9.17) is 0 Å². The Morgan fingerprint density at radius 3 is 2.56 bits per heavy atom. The molecule has 1 aliphatic rings. The lowest BCUT2D eigenvalue weighted by molar-refractivity contribution is -0.121. The summed E-state index contributed by atoms with van der Waals surface area (Å²) in [4.78, 5) is 22.6. The highest BCUT2D eigenvalue weighted by Gasteiger charge is 2.26. The number of unbranched alkanes of at least 4 members (excludes halogenated alkanes) is 5. The zero-order chi connectivity index (χ0) is 13.2. The lowest BCUT2D eigenvalue weighted by Gasteiger charge is -2.14. The van der Waals surface area contributed by atoms with Crippen molar-refractivity contribution in [3.63, 3.8) is 0 Å². The number of Topliss-reactive ketones (excluding diaryl/α,β-unsaturated/α-hetero) is 1. The second kappa shape index (κ2) is 9.29. The monoisotopic (exact) mass is 252 g/mol. The van der Waals surface area contributed by atoms with Gasteiger partial charge in [-0.15, -0.1) is 0 Å². The highest BCUT2D eigenvalue weighted by atomic mass is 16.1. The van der Waals surface area contributed by atoms with Gasteiger partial charge in [0, 0.05) is 18.3 Å². The lowest BCUT2D eigenvalue weighted by Crippen LogP contribution is -2.13. The summed E-state index contributed by atoms with van der Waals surface area (Å²) in [7, 11) is 0. The predicted octanol–water partition coefficient (Wildman–Crippen LogP) is 4.31. The van der Waals surface area contributed by atoms with Gasteiger partial charge in [0.1, 0.15) is 12.1 Å². The molecule has 1 rings (SSSR count). The Morgan fingerprint density at radius 1 is 1.22 bits per heavy atom. The van der Waals surface area contributed by atoms with E-state index in [2.05, 4.69) is 6.92 Å². The molecule has 0 spiro atoms. The zero-order valence-corrected chi connectivity index (χ0v) is 11.8. The van der Waals surface area contributed by atoms with Gasteiger partial charge in [-0.05, 0) is 25.7 Å². The first-order valence-electron chi connectivity index (χ1n) is 7.76. The minimum Gasteiger partial charge on any atom is -0.303 e. The predicted molar refractivity (Wildman–Crippen MR) is 74.5 cm³/mol. The number of carbonyl (C=O) groups excluding carboxylic acids is 2. The van der Waals surface area contributed by atoms with Crippen molar-refractivity contribution < 1.29 is 9.59 Å². The van der Waals surface area contributed by atoms with Crippen molar-refractivity contribution in [2.75, 3.05) is 0 Å². The number of aldehydes is 1. The van der Waals surface area contributed by atoms with Crippen LogP contribution in [-0.4, -0.2) is 12.1 Å². The third-order valence-electron chi connectivity index (χ3n) is 4.14. The van der Waals surface area contributed by atoms with Crippen LogP contribution in [0.5, 0.6) is 0 Å². The van der Waals surface area contributed by atoms with Crippen LogP contribution in [0.3, 0.4) is 0 Å². The molecule has 18 heavy (non-hydrogen) atoms. The second-order valence-corrected chi connectivity index (χ2v) is 5.74. The Bertz CT molecular complexity index is 247. The summed E-state index contributed by atoms with van der Waals surface area (Å²) in [5.41, 5.74) is 0. The largest absolute Gasteiger partial charge is 0.303 e. The van der Waals surface area contributed by atoms with E-state index in [0.717, 1.165) is 44.8 Å². The Hall–Kier alpha value is -0.660. The van der Waals surface area contributed by atoms with Crippen molar-refractivity contribution in [3.8, 4) is 0 Å². The van der Waals surface area contributed by atoms with Crippen LogP contribution < -0.4 is 0 Å². The molecule has 2 nitrogen and oxygen atoms in total. The summed E-state index contributed by atoms with van der Waals surface area (Å²) in [5, 5.41) is 0. The van der Waals surface area contributed by atoms with Gasteiger partial charge < -0.3 is 4.79 Å². The molecule has 0 aromatic rings. The average Bonchev–Trinajstić information content (AvgIpc) is 2.77. The summed E-state index contributed by atoms with van der Waals surface area (Å²) >= 11 is 0. The van der Waals surface area contributed by atoms with Gasteiger partial charge in [0.25, 0.3) is 0 Å². The van der Waals surface area contributed by atoms with E-state index in [1.807, 2.05) is 0 Å². The molecule has 0 saturated heterocycles. The van der Waals surface area contributed by atoms with E-state index in [-0.39, 0.29) is 11.8 Å². The Kier molecular flexibility index (Phi) is 7.95. The molecule has 0 heterocycles. The molecule has 0 aromatic carbocycles. The summed E-state index contributed by atoms with van der Waals surface area (Å²) in [6.45, 7) is 2.22. The Balaban J connectivity index is 2.09. The van der Waals surface area contributed by atoms with Crippen LogP contribution >= 0.6 is 0 Å². The van der Waals surface area contributed by atoms with Crippen molar-refractivity contribution in [2.24, 2.45) is 11.8 Å². The first kappa shape index (κ1) is 15.4. The van der Waals surface area contributed by atoms with Crippen LogP contribution in [0.25, 0.3) is 0 Å². The van der Waals surface area contributed by atoms with E-state index in [1.54, 1.807) is 0 Å². The van der Waals surface area contributed by atoms with E-state index in [1.165, 1.54) is 32.1 Å². The van der Waals surface area contributed by atoms with Gasteiger partial charge in [0.2, 0.25) is 0 Å². The highest BCUT2D eigenvalue weighted by molar-refractivity contribution is 5.83. The minimum absolute atomic E-state index is 0.128. The van der Waals surface area contributed by atoms with Crippen molar-refractivity contribution in [1.82, 2.24) is 0 Å². The number of hydrogen-bond acceptors (Lipinski definition) is 2. The molecule has 2 heteroatoms. The topological polar surface area (TPSA) is 34.1 Å². The third-order valence-corrected chi connectivity index (χ3v) is 4.14. The van der Waals surface area contributed by atoms with Gasteiger partial charge in [-0.2, -0.15) is 0 Å². The molecule has 1 fully saturated rings. The zero-order valence-electron chi connectivity index (χ0n) is 11.8. The summed E-state index contributed by atoms with van der Waals surface area (Å²) in [6, 6.07) is 0. The number of hydrogen-bond donors (Lipinski definition) is 0. The Morgan fingerprint density at radius 2 is 1.94 bits per heavy atom. The van der Waals surface area contributed by atoms with E-state index < -0.39 is 0 Å². The maximum absolute atomic E-state index is 11.6. The Labute approximate surface area is 112 Å². The molecule has 104 valence electrons. The van der Waals surface area contributed by atoms with Gasteiger partial charge in [0.15, 0.2) is 0 Å². The number of carbonyl (C=O) groups is 2. The first-order chi connectivity index (χ1) is 8.77. The van der Waals surface area contributed by atoms with Crippen molar-refractivity contribution >= 4 is 12.1 Å². The fraction of sp³-hybridized carbons (Fsp3) is 0.875. The molecule has 0 aliphatic heterocycles. The van der Waals surface area contributed by atoms with E-state index in [0.29, 0.717) is 5.78 Å². The van der Waals surface area contributed by atoms with Gasteiger partial charge in [-0.3, -0.25) is 4.79 Å². The van der Waals surface area contributed by atoms with E-state index >= 15 is 0 Å². The van der Waals surface area contributed by atoms with Crippen LogP contribution in [0.4, 0.5) is 0 Å². The number of rotatable bonds is 10. The standard InChI is InChI=1S/C16H28O2/c1-2-3-4-5-6-7-9-14(13-17)12-15-10-8-11-16(15)18/h13-15H,2-12H2,1H3/t14-,15+/m0/s1. The van der Waals surface area contributed by atoms with Crippen molar-refractivity contribution in [1.29, 1.82) is 0 Å². The fourth-order valence-electron chi connectivity index (χ4n) is 2.93. The van der Waals surface area contributed by atoms with Gasteiger partial charge in [-0.1, -0.05) is 45.4 Å². The van der Waals surface area contributed by atoms with Crippen molar-refractivity contribution in [3.05, 3.63) is 0 Å².